The minimum atomic E-state index is -3.88. The molecule has 0 unspecified atom stereocenters. The van der Waals surface area contributed by atoms with Crippen molar-refractivity contribution in [3.05, 3.63) is 89.6 Å². The maximum absolute atomic E-state index is 13.6. The van der Waals surface area contributed by atoms with Crippen LogP contribution < -0.4 is 9.46 Å². The van der Waals surface area contributed by atoms with E-state index in [-0.39, 0.29) is 16.3 Å². The molecular formula is C37H49N5O4S. The van der Waals surface area contributed by atoms with Crippen molar-refractivity contribution in [3.63, 3.8) is 0 Å². The number of ether oxygens (including phenoxy) is 1. The minimum absolute atomic E-state index is 0.0697. The van der Waals surface area contributed by atoms with Gasteiger partial charge in [-0.1, -0.05) is 42.5 Å². The molecule has 4 aromatic rings. The monoisotopic (exact) mass is 659 g/mol. The van der Waals surface area contributed by atoms with Gasteiger partial charge in [0.15, 0.2) is 0 Å². The van der Waals surface area contributed by atoms with E-state index in [2.05, 4.69) is 58.9 Å². The van der Waals surface area contributed by atoms with Crippen LogP contribution in [-0.4, -0.2) is 88.0 Å². The molecule has 5 rings (SSSR count). The standard InChI is InChI=1S/C37H49N5O4S/c1-28-26-32(46-6)27-29(2)36(28)47(44,45)38-33-15-10-12-30-16-22-42(35(30)33)23-17-34(43)40(5)20-11-21-41-24-18-37(19-25-41,39(3)4)31-13-8-7-9-14-31/h7-10,12-16,22,26-27,38H,11,17-21,23-25H2,1-6H3. The van der Waals surface area contributed by atoms with Gasteiger partial charge in [0.2, 0.25) is 5.91 Å². The highest BCUT2D eigenvalue weighted by Crippen LogP contribution is 2.37. The van der Waals surface area contributed by atoms with Gasteiger partial charge in [0, 0.05) is 56.8 Å². The molecule has 0 atom stereocenters. The molecule has 1 aromatic heterocycles. The van der Waals surface area contributed by atoms with E-state index in [1.165, 1.54) is 5.56 Å². The van der Waals surface area contributed by atoms with Crippen molar-refractivity contribution in [1.29, 1.82) is 0 Å². The first-order valence-electron chi connectivity index (χ1n) is 16.4. The second-order valence-electron chi connectivity index (χ2n) is 13.0. The van der Waals surface area contributed by atoms with E-state index in [9.17, 15) is 13.2 Å². The second-order valence-corrected chi connectivity index (χ2v) is 14.6. The number of carbonyl (C=O) groups is 1. The zero-order valence-corrected chi connectivity index (χ0v) is 29.4. The van der Waals surface area contributed by atoms with Gasteiger partial charge < -0.3 is 19.1 Å². The van der Waals surface area contributed by atoms with Crippen LogP contribution in [-0.2, 0) is 26.9 Å². The van der Waals surface area contributed by atoms with Gasteiger partial charge in [0.25, 0.3) is 10.0 Å². The Balaban J connectivity index is 1.16. The fourth-order valence-electron chi connectivity index (χ4n) is 7.13. The molecule has 2 heterocycles. The summed E-state index contributed by atoms with van der Waals surface area (Å²) in [6.45, 7) is 7.72. The van der Waals surface area contributed by atoms with Gasteiger partial charge in [-0.25, -0.2) is 8.42 Å². The number of methoxy groups -OCH3 is 1. The van der Waals surface area contributed by atoms with Crippen LogP contribution in [0.2, 0.25) is 0 Å². The van der Waals surface area contributed by atoms with Gasteiger partial charge in [-0.2, -0.15) is 0 Å². The lowest BCUT2D eigenvalue weighted by Crippen LogP contribution is -2.50. The first-order valence-corrected chi connectivity index (χ1v) is 17.9. The van der Waals surface area contributed by atoms with Crippen molar-refractivity contribution in [2.75, 3.05) is 59.2 Å². The Morgan fingerprint density at radius 3 is 2.26 bits per heavy atom. The molecule has 1 aliphatic heterocycles. The summed E-state index contributed by atoms with van der Waals surface area (Å²) in [5.74, 6) is 0.690. The van der Waals surface area contributed by atoms with Crippen LogP contribution in [0, 0.1) is 13.8 Å². The molecule has 1 fully saturated rings. The first kappa shape index (κ1) is 34.5. The smallest absolute Gasteiger partial charge is 0.262 e. The number of hydrogen-bond acceptors (Lipinski definition) is 6. The first-order chi connectivity index (χ1) is 22.4. The lowest BCUT2D eigenvalue weighted by atomic mass is 9.80. The van der Waals surface area contributed by atoms with Gasteiger partial charge in [0.05, 0.1) is 23.2 Å². The Hall–Kier alpha value is -3.86. The third-order valence-corrected chi connectivity index (χ3v) is 11.5. The average molecular weight is 660 g/mol. The quantitative estimate of drug-likeness (QED) is 0.194. The second kappa shape index (κ2) is 14.5. The summed E-state index contributed by atoms with van der Waals surface area (Å²) >= 11 is 0. The highest BCUT2D eigenvalue weighted by Gasteiger charge is 2.37. The molecule has 0 bridgehead atoms. The zero-order chi connectivity index (χ0) is 33.8. The van der Waals surface area contributed by atoms with E-state index < -0.39 is 10.0 Å². The highest BCUT2D eigenvalue weighted by molar-refractivity contribution is 7.92. The van der Waals surface area contributed by atoms with E-state index in [0.29, 0.717) is 42.1 Å². The lowest BCUT2D eigenvalue weighted by Gasteiger charge is -2.46. The Labute approximate surface area is 280 Å². The topological polar surface area (TPSA) is 87.1 Å². The number of piperidine rings is 1. The third kappa shape index (κ3) is 7.50. The van der Waals surface area contributed by atoms with E-state index >= 15 is 0 Å². The predicted octanol–water partition coefficient (Wildman–Crippen LogP) is 5.86. The SMILES string of the molecule is COc1cc(C)c(S(=O)(=O)Nc2cccc3ccn(CCC(=O)N(C)CCCN4CCC(c5ccccc5)(N(C)C)CC4)c23)c(C)c1. The van der Waals surface area contributed by atoms with E-state index in [0.717, 1.165) is 49.8 Å². The van der Waals surface area contributed by atoms with E-state index in [4.69, 9.17) is 4.74 Å². The van der Waals surface area contributed by atoms with Gasteiger partial charge >= 0.3 is 0 Å². The van der Waals surface area contributed by atoms with E-state index in [1.54, 1.807) is 39.2 Å². The van der Waals surface area contributed by atoms with Crippen molar-refractivity contribution in [2.24, 2.45) is 0 Å². The molecule has 3 aromatic carbocycles. The fraction of sp³-hybridized carbons (Fsp3) is 0.432. The average Bonchev–Trinajstić information content (AvgIpc) is 3.47. The van der Waals surface area contributed by atoms with Crippen LogP contribution in [0.25, 0.3) is 10.9 Å². The molecule has 1 saturated heterocycles. The Kier molecular flexibility index (Phi) is 10.6. The molecule has 0 radical (unpaired) electrons. The number of fused-ring (bicyclic) bond motifs is 1. The molecule has 252 valence electrons. The van der Waals surface area contributed by atoms with Crippen molar-refractivity contribution in [3.8, 4) is 5.75 Å². The summed E-state index contributed by atoms with van der Waals surface area (Å²) in [4.78, 5) is 20.1. The van der Waals surface area contributed by atoms with Crippen LogP contribution >= 0.6 is 0 Å². The molecule has 1 aliphatic rings. The van der Waals surface area contributed by atoms with Crippen LogP contribution in [0.5, 0.6) is 5.75 Å². The van der Waals surface area contributed by atoms with E-state index in [1.807, 2.05) is 40.9 Å². The van der Waals surface area contributed by atoms with Gasteiger partial charge in [-0.05, 0) is 94.7 Å². The molecule has 0 spiro atoms. The van der Waals surface area contributed by atoms with Crippen LogP contribution in [0.3, 0.4) is 0 Å². The number of amides is 1. The molecule has 1 amide bonds. The van der Waals surface area contributed by atoms with Crippen LogP contribution in [0.4, 0.5) is 5.69 Å². The Morgan fingerprint density at radius 1 is 0.936 bits per heavy atom. The molecule has 10 heteroatoms. The van der Waals surface area contributed by atoms with Gasteiger partial charge in [-0.3, -0.25) is 14.4 Å². The normalized spacial score (nSPS) is 15.2. The summed E-state index contributed by atoms with van der Waals surface area (Å²) in [5, 5.41) is 0.904. The van der Waals surface area contributed by atoms with Crippen molar-refractivity contribution < 1.29 is 17.9 Å². The molecule has 0 aliphatic carbocycles. The molecule has 0 saturated carbocycles. The number of hydrogen-bond donors (Lipinski definition) is 1. The predicted molar refractivity (Wildman–Crippen MR) is 190 cm³/mol. The number of nitrogens with zero attached hydrogens (tertiary/aromatic N) is 4. The number of aryl methyl sites for hydroxylation is 3. The molecular weight excluding hydrogens is 611 g/mol. The lowest BCUT2D eigenvalue weighted by molar-refractivity contribution is -0.130. The largest absolute Gasteiger partial charge is 0.497 e. The number of likely N-dealkylation sites (tertiary alicyclic amines) is 1. The number of aromatic nitrogens is 1. The van der Waals surface area contributed by atoms with Gasteiger partial charge in [-0.15, -0.1) is 0 Å². The van der Waals surface area contributed by atoms with Gasteiger partial charge in [0.1, 0.15) is 5.75 Å². The summed E-state index contributed by atoms with van der Waals surface area (Å²) in [7, 11) is 3.93. The number of sulfonamides is 1. The number of nitrogens with one attached hydrogen (secondary N) is 1. The minimum Gasteiger partial charge on any atom is -0.497 e. The Bertz CT molecular complexity index is 1770. The summed E-state index contributed by atoms with van der Waals surface area (Å²) in [6.07, 6.45) is 5.33. The summed E-state index contributed by atoms with van der Waals surface area (Å²) < 4.78 is 37.3. The number of rotatable bonds is 13. The Morgan fingerprint density at radius 2 is 1.62 bits per heavy atom. The van der Waals surface area contributed by atoms with Crippen LogP contribution in [0.1, 0.15) is 42.4 Å². The molecule has 47 heavy (non-hydrogen) atoms. The number of benzene rings is 3. The molecule has 9 nitrogen and oxygen atoms in total. The third-order valence-electron chi connectivity index (χ3n) is 9.78. The van der Waals surface area contributed by atoms with Crippen molar-refractivity contribution >= 4 is 32.5 Å². The summed E-state index contributed by atoms with van der Waals surface area (Å²) in [6, 6.07) is 21.8. The molecule has 1 N–H and O–H groups in total. The van der Waals surface area contributed by atoms with Crippen molar-refractivity contribution in [2.45, 2.75) is 56.5 Å². The number of carbonyl (C=O) groups excluding carboxylic acids is 1. The summed E-state index contributed by atoms with van der Waals surface area (Å²) in [5.41, 5.74) is 3.91. The number of anilines is 1. The maximum Gasteiger partial charge on any atom is 0.262 e. The van der Waals surface area contributed by atoms with Crippen molar-refractivity contribution in [1.82, 2.24) is 19.3 Å². The highest BCUT2D eigenvalue weighted by atomic mass is 32.2. The van der Waals surface area contributed by atoms with Crippen LogP contribution in [0.15, 0.2) is 77.8 Å². The fourth-order valence-corrected chi connectivity index (χ4v) is 8.65. The number of para-hydroxylation sites is 1. The zero-order valence-electron chi connectivity index (χ0n) is 28.6. The maximum atomic E-state index is 13.6.